The van der Waals surface area contributed by atoms with Gasteiger partial charge in [-0.1, -0.05) is 6.07 Å². The highest BCUT2D eigenvalue weighted by Gasteiger charge is 2.30. The van der Waals surface area contributed by atoms with Crippen molar-refractivity contribution in [1.29, 1.82) is 0 Å². The van der Waals surface area contributed by atoms with Gasteiger partial charge in [0.05, 0.1) is 25.5 Å². The number of methoxy groups -OCH3 is 1. The predicted molar refractivity (Wildman–Crippen MR) is 105 cm³/mol. The van der Waals surface area contributed by atoms with Crippen LogP contribution in [0.25, 0.3) is 0 Å². The number of anilines is 1. The van der Waals surface area contributed by atoms with Crippen molar-refractivity contribution in [2.75, 3.05) is 19.0 Å². The van der Waals surface area contributed by atoms with Gasteiger partial charge in [0.15, 0.2) is 11.5 Å². The SMILES string of the molecule is CCOc1ccc(C=NNC(=O)CC(=O)Nc2cccc(C(F)(F)F)c2)cc1OC. The molecule has 0 radical (unpaired) electrons. The second-order valence-electron chi connectivity index (χ2n) is 5.94. The van der Waals surface area contributed by atoms with Gasteiger partial charge in [0, 0.05) is 5.69 Å². The average Bonchev–Trinajstić information content (AvgIpc) is 2.68. The first kappa shape index (κ1) is 22.7. The van der Waals surface area contributed by atoms with Crippen molar-refractivity contribution in [3.8, 4) is 11.5 Å². The number of amides is 2. The third-order valence-corrected chi connectivity index (χ3v) is 3.69. The zero-order chi connectivity index (χ0) is 22.1. The van der Waals surface area contributed by atoms with E-state index in [4.69, 9.17) is 9.47 Å². The van der Waals surface area contributed by atoms with E-state index in [-0.39, 0.29) is 5.69 Å². The number of nitrogens with one attached hydrogen (secondary N) is 2. The molecule has 0 aliphatic carbocycles. The highest BCUT2D eigenvalue weighted by Crippen LogP contribution is 2.30. The fourth-order valence-corrected chi connectivity index (χ4v) is 2.38. The lowest BCUT2D eigenvalue weighted by Gasteiger charge is -2.10. The van der Waals surface area contributed by atoms with Gasteiger partial charge in [-0.3, -0.25) is 9.59 Å². The maximum atomic E-state index is 12.7. The molecule has 0 aliphatic heterocycles. The van der Waals surface area contributed by atoms with Crippen LogP contribution < -0.4 is 20.2 Å². The highest BCUT2D eigenvalue weighted by molar-refractivity contribution is 6.03. The van der Waals surface area contributed by atoms with E-state index >= 15 is 0 Å². The van der Waals surface area contributed by atoms with Gasteiger partial charge in [-0.25, -0.2) is 5.43 Å². The van der Waals surface area contributed by atoms with E-state index in [1.54, 1.807) is 18.2 Å². The van der Waals surface area contributed by atoms with Crippen molar-refractivity contribution < 1.29 is 32.2 Å². The summed E-state index contributed by atoms with van der Waals surface area (Å²) in [6.07, 6.45) is -3.79. The Bertz CT molecular complexity index is 930. The first-order valence-corrected chi connectivity index (χ1v) is 8.82. The summed E-state index contributed by atoms with van der Waals surface area (Å²) < 4.78 is 48.7. The molecule has 2 aromatic rings. The Hall–Kier alpha value is -3.56. The van der Waals surface area contributed by atoms with Gasteiger partial charge in [0.25, 0.3) is 0 Å². The molecule has 0 aromatic heterocycles. The predicted octanol–water partition coefficient (Wildman–Crippen LogP) is 3.59. The third kappa shape index (κ3) is 6.80. The van der Waals surface area contributed by atoms with E-state index in [0.717, 1.165) is 18.2 Å². The number of carbonyl (C=O) groups excluding carboxylic acids is 2. The Morgan fingerprint density at radius 1 is 1.10 bits per heavy atom. The van der Waals surface area contributed by atoms with Crippen molar-refractivity contribution in [2.45, 2.75) is 19.5 Å². The van der Waals surface area contributed by atoms with Crippen LogP contribution in [0, 0.1) is 0 Å². The summed E-state index contributed by atoms with van der Waals surface area (Å²) in [5.74, 6) is -0.446. The lowest BCUT2D eigenvalue weighted by atomic mass is 10.2. The maximum absolute atomic E-state index is 12.7. The van der Waals surface area contributed by atoms with Gasteiger partial charge in [0.1, 0.15) is 6.42 Å². The summed E-state index contributed by atoms with van der Waals surface area (Å²) >= 11 is 0. The smallest absolute Gasteiger partial charge is 0.416 e. The monoisotopic (exact) mass is 423 g/mol. The fraction of sp³-hybridized carbons (Fsp3) is 0.250. The van der Waals surface area contributed by atoms with Crippen LogP contribution in [0.1, 0.15) is 24.5 Å². The molecule has 160 valence electrons. The topological polar surface area (TPSA) is 89.0 Å². The fourth-order valence-electron chi connectivity index (χ4n) is 2.38. The number of hydrazone groups is 1. The van der Waals surface area contributed by atoms with E-state index in [9.17, 15) is 22.8 Å². The van der Waals surface area contributed by atoms with Crippen molar-refractivity contribution in [2.24, 2.45) is 5.10 Å². The molecule has 0 heterocycles. The number of halogens is 3. The van der Waals surface area contributed by atoms with E-state index in [0.29, 0.717) is 23.7 Å². The van der Waals surface area contributed by atoms with Gasteiger partial charge < -0.3 is 14.8 Å². The average molecular weight is 423 g/mol. The summed E-state index contributed by atoms with van der Waals surface area (Å²) in [7, 11) is 1.49. The molecule has 0 unspecified atom stereocenters. The lowest BCUT2D eigenvalue weighted by Crippen LogP contribution is -2.24. The summed E-state index contributed by atoms with van der Waals surface area (Å²) in [4.78, 5) is 23.7. The third-order valence-electron chi connectivity index (χ3n) is 3.69. The molecule has 2 amide bonds. The molecule has 2 rings (SSSR count). The van der Waals surface area contributed by atoms with Crippen molar-refractivity contribution in [3.63, 3.8) is 0 Å². The number of rotatable bonds is 8. The molecule has 0 saturated carbocycles. The standard InChI is InChI=1S/C20H20F3N3O4/c1-3-30-16-8-7-13(9-17(16)29-2)12-24-26-19(28)11-18(27)25-15-6-4-5-14(10-15)20(21,22)23/h4-10,12H,3,11H2,1-2H3,(H,25,27)(H,26,28). The van der Waals surface area contributed by atoms with Crippen molar-refractivity contribution >= 4 is 23.7 Å². The largest absolute Gasteiger partial charge is 0.493 e. The molecular weight excluding hydrogens is 403 g/mol. The molecule has 0 aliphatic rings. The van der Waals surface area contributed by atoms with Gasteiger partial charge in [-0.15, -0.1) is 0 Å². The van der Waals surface area contributed by atoms with Crippen LogP contribution in [0.3, 0.4) is 0 Å². The molecule has 2 N–H and O–H groups in total. The minimum absolute atomic E-state index is 0.0624. The number of hydrogen-bond acceptors (Lipinski definition) is 5. The number of hydrogen-bond donors (Lipinski definition) is 2. The van der Waals surface area contributed by atoms with Crippen molar-refractivity contribution in [3.05, 3.63) is 53.6 Å². The molecule has 0 fully saturated rings. The molecule has 2 aromatic carbocycles. The molecule has 10 heteroatoms. The Morgan fingerprint density at radius 2 is 1.87 bits per heavy atom. The molecule has 0 saturated heterocycles. The van der Waals surface area contributed by atoms with Crippen LogP contribution in [0.2, 0.25) is 0 Å². The highest BCUT2D eigenvalue weighted by atomic mass is 19.4. The van der Waals surface area contributed by atoms with Crippen LogP contribution >= 0.6 is 0 Å². The first-order valence-electron chi connectivity index (χ1n) is 8.82. The second kappa shape index (κ2) is 10.3. The minimum atomic E-state index is -4.53. The summed E-state index contributed by atoms with van der Waals surface area (Å²) in [6.45, 7) is 2.32. The van der Waals surface area contributed by atoms with Crippen molar-refractivity contribution in [1.82, 2.24) is 5.43 Å². The molecule has 7 nitrogen and oxygen atoms in total. The number of ether oxygens (including phenoxy) is 2. The molecule has 0 atom stereocenters. The Labute approximate surface area is 170 Å². The zero-order valence-corrected chi connectivity index (χ0v) is 16.2. The van der Waals surface area contributed by atoms with Crippen LogP contribution in [0.15, 0.2) is 47.6 Å². The van der Waals surface area contributed by atoms with Crippen LogP contribution in [-0.4, -0.2) is 31.7 Å². The van der Waals surface area contributed by atoms with Crippen LogP contribution in [-0.2, 0) is 15.8 Å². The quantitative estimate of drug-likeness (QED) is 0.386. The molecular formula is C20H20F3N3O4. The zero-order valence-electron chi connectivity index (χ0n) is 16.2. The van der Waals surface area contributed by atoms with E-state index < -0.39 is 30.0 Å². The summed E-state index contributed by atoms with van der Waals surface area (Å²) in [6, 6.07) is 9.16. The van der Waals surface area contributed by atoms with Gasteiger partial charge in [0.2, 0.25) is 11.8 Å². The molecule has 0 bridgehead atoms. The lowest BCUT2D eigenvalue weighted by molar-refractivity contribution is -0.137. The normalized spacial score (nSPS) is 11.2. The van der Waals surface area contributed by atoms with E-state index in [2.05, 4.69) is 15.8 Å². The van der Waals surface area contributed by atoms with E-state index in [1.165, 1.54) is 19.4 Å². The number of benzene rings is 2. The second-order valence-corrected chi connectivity index (χ2v) is 5.94. The van der Waals surface area contributed by atoms with Gasteiger partial charge in [-0.05, 0) is 48.9 Å². The Morgan fingerprint density at radius 3 is 2.53 bits per heavy atom. The summed E-state index contributed by atoms with van der Waals surface area (Å²) in [5, 5.41) is 5.99. The molecule has 0 spiro atoms. The molecule has 30 heavy (non-hydrogen) atoms. The Balaban J connectivity index is 1.89. The summed E-state index contributed by atoms with van der Waals surface area (Å²) in [5.41, 5.74) is 1.83. The maximum Gasteiger partial charge on any atom is 0.416 e. The van der Waals surface area contributed by atoms with Crippen LogP contribution in [0.5, 0.6) is 11.5 Å². The number of nitrogens with zero attached hydrogens (tertiary/aromatic N) is 1. The minimum Gasteiger partial charge on any atom is -0.493 e. The number of alkyl halides is 3. The van der Waals surface area contributed by atoms with Crippen LogP contribution in [0.4, 0.5) is 18.9 Å². The van der Waals surface area contributed by atoms with E-state index in [1.807, 2.05) is 6.92 Å². The van der Waals surface area contributed by atoms with Gasteiger partial charge >= 0.3 is 6.18 Å². The van der Waals surface area contributed by atoms with Gasteiger partial charge in [-0.2, -0.15) is 18.3 Å². The Kier molecular flexibility index (Phi) is 7.79. The first-order chi connectivity index (χ1) is 14.2. The number of carbonyl (C=O) groups is 2.